The quantitative estimate of drug-likeness (QED) is 0.913. The van der Waals surface area contributed by atoms with Gasteiger partial charge >= 0.3 is 5.97 Å². The molecule has 17 heavy (non-hydrogen) atoms. The van der Waals surface area contributed by atoms with Gasteiger partial charge in [0.25, 0.3) is 0 Å². The third kappa shape index (κ3) is 1.87. The van der Waals surface area contributed by atoms with E-state index < -0.39 is 5.97 Å². The van der Waals surface area contributed by atoms with Crippen molar-refractivity contribution < 1.29 is 14.6 Å². The Morgan fingerprint density at radius 3 is 2.94 bits per heavy atom. The smallest absolute Gasteiger partial charge is 0.339 e. The van der Waals surface area contributed by atoms with E-state index in [0.29, 0.717) is 11.1 Å². The fraction of sp³-hybridized carbons (Fsp3) is 0.273. The molecule has 90 valence electrons. The van der Waals surface area contributed by atoms with Crippen molar-refractivity contribution in [2.45, 2.75) is 13.0 Å². The Bertz CT molecular complexity index is 579. The summed E-state index contributed by atoms with van der Waals surface area (Å²) in [5.74, 6) is -1.11. The van der Waals surface area contributed by atoms with Crippen LogP contribution in [0.3, 0.4) is 0 Å². The number of rotatable bonds is 3. The van der Waals surface area contributed by atoms with E-state index >= 15 is 0 Å². The number of aromatic nitrogens is 2. The van der Waals surface area contributed by atoms with Crippen LogP contribution in [0.15, 0.2) is 18.3 Å². The van der Waals surface area contributed by atoms with Crippen molar-refractivity contribution in [3.63, 3.8) is 0 Å². The summed E-state index contributed by atoms with van der Waals surface area (Å²) in [4.78, 5) is 11.2. The van der Waals surface area contributed by atoms with Crippen LogP contribution >= 0.6 is 11.6 Å². The number of fused-ring (bicyclic) bond motifs is 1. The van der Waals surface area contributed by atoms with Crippen LogP contribution in [0.4, 0.5) is 0 Å². The minimum atomic E-state index is -1.11. The van der Waals surface area contributed by atoms with Crippen LogP contribution in [0.1, 0.15) is 28.9 Å². The Morgan fingerprint density at radius 1 is 1.65 bits per heavy atom. The standard InChI is InChI=1S/C11H11ClN2O3/c1-6(17-2)8-7-4-3-5-14(7)13-10(12)9(8)11(15)16/h3-6H,1-2H3,(H,15,16). The zero-order valence-corrected chi connectivity index (χ0v) is 10.1. The number of hydrogen-bond acceptors (Lipinski definition) is 3. The Hall–Kier alpha value is -1.59. The number of methoxy groups -OCH3 is 1. The first-order chi connectivity index (χ1) is 8.06. The van der Waals surface area contributed by atoms with Crippen LogP contribution in [0, 0.1) is 0 Å². The normalized spacial score (nSPS) is 12.9. The molecule has 0 bridgehead atoms. The molecule has 0 aromatic carbocycles. The molecular formula is C11H11ClN2O3. The van der Waals surface area contributed by atoms with Crippen molar-refractivity contribution in [1.29, 1.82) is 0 Å². The maximum atomic E-state index is 11.2. The van der Waals surface area contributed by atoms with Gasteiger partial charge in [-0.1, -0.05) is 11.6 Å². The van der Waals surface area contributed by atoms with Crippen LogP contribution < -0.4 is 0 Å². The van der Waals surface area contributed by atoms with Crippen molar-refractivity contribution in [3.8, 4) is 0 Å². The first-order valence-corrected chi connectivity index (χ1v) is 5.37. The van der Waals surface area contributed by atoms with Crippen LogP contribution in [0.2, 0.25) is 5.15 Å². The van der Waals surface area contributed by atoms with E-state index in [2.05, 4.69) is 5.10 Å². The number of hydrogen-bond donors (Lipinski definition) is 1. The summed E-state index contributed by atoms with van der Waals surface area (Å²) in [5, 5.41) is 13.1. The highest BCUT2D eigenvalue weighted by Gasteiger charge is 2.23. The number of carboxylic acid groups (broad SMARTS) is 1. The molecule has 0 saturated carbocycles. The van der Waals surface area contributed by atoms with E-state index in [1.807, 2.05) is 0 Å². The Labute approximate surface area is 103 Å². The molecule has 2 rings (SSSR count). The van der Waals surface area contributed by atoms with E-state index in [4.69, 9.17) is 16.3 Å². The molecule has 0 spiro atoms. The number of nitrogens with zero attached hydrogens (tertiary/aromatic N) is 2. The summed E-state index contributed by atoms with van der Waals surface area (Å²) in [7, 11) is 1.52. The Morgan fingerprint density at radius 2 is 2.35 bits per heavy atom. The molecule has 1 unspecified atom stereocenters. The van der Waals surface area contributed by atoms with Gasteiger partial charge < -0.3 is 9.84 Å². The summed E-state index contributed by atoms with van der Waals surface area (Å²) in [6.07, 6.45) is 1.33. The SMILES string of the molecule is COC(C)c1c(C(=O)O)c(Cl)nn2cccc12. The van der Waals surface area contributed by atoms with Gasteiger partial charge in [0.05, 0.1) is 11.6 Å². The zero-order valence-electron chi connectivity index (χ0n) is 9.35. The van der Waals surface area contributed by atoms with Crippen molar-refractivity contribution in [1.82, 2.24) is 9.61 Å². The zero-order chi connectivity index (χ0) is 12.6. The van der Waals surface area contributed by atoms with E-state index in [0.717, 1.165) is 0 Å². The molecule has 0 fully saturated rings. The highest BCUT2D eigenvalue weighted by atomic mass is 35.5. The van der Waals surface area contributed by atoms with E-state index in [9.17, 15) is 9.90 Å². The summed E-state index contributed by atoms with van der Waals surface area (Å²) < 4.78 is 6.74. The number of halogens is 1. The van der Waals surface area contributed by atoms with Gasteiger partial charge in [0, 0.05) is 18.9 Å². The molecule has 2 heterocycles. The molecule has 0 aliphatic carbocycles. The van der Waals surface area contributed by atoms with Gasteiger partial charge in [-0.3, -0.25) is 0 Å². The number of aromatic carboxylic acids is 1. The number of ether oxygens (including phenoxy) is 1. The molecule has 1 N–H and O–H groups in total. The molecule has 0 saturated heterocycles. The molecule has 2 aromatic rings. The van der Waals surface area contributed by atoms with Gasteiger partial charge in [0.1, 0.15) is 5.56 Å². The van der Waals surface area contributed by atoms with Crippen LogP contribution in [-0.4, -0.2) is 27.8 Å². The van der Waals surface area contributed by atoms with Crippen molar-refractivity contribution >= 4 is 23.1 Å². The van der Waals surface area contributed by atoms with Crippen LogP contribution in [0.5, 0.6) is 0 Å². The molecule has 0 aliphatic heterocycles. The lowest BCUT2D eigenvalue weighted by Gasteiger charge is -2.15. The average molecular weight is 255 g/mol. The monoisotopic (exact) mass is 254 g/mol. The summed E-state index contributed by atoms with van der Waals surface area (Å²) >= 11 is 5.89. The third-order valence-corrected chi connectivity index (χ3v) is 2.91. The second-order valence-corrected chi connectivity index (χ2v) is 3.96. The minimum absolute atomic E-state index is 0.00721. The molecule has 0 aliphatic rings. The predicted octanol–water partition coefficient (Wildman–Crippen LogP) is 2.39. The summed E-state index contributed by atoms with van der Waals surface area (Å²) in [6.45, 7) is 1.77. The van der Waals surface area contributed by atoms with Crippen LogP contribution in [0.25, 0.3) is 5.52 Å². The van der Waals surface area contributed by atoms with Crippen molar-refractivity contribution in [2.75, 3.05) is 7.11 Å². The molecule has 1 atom stereocenters. The lowest BCUT2D eigenvalue weighted by atomic mass is 10.1. The molecule has 0 amide bonds. The van der Waals surface area contributed by atoms with Crippen molar-refractivity contribution in [3.05, 3.63) is 34.6 Å². The van der Waals surface area contributed by atoms with Gasteiger partial charge in [0.2, 0.25) is 0 Å². The van der Waals surface area contributed by atoms with E-state index in [-0.39, 0.29) is 16.8 Å². The van der Waals surface area contributed by atoms with Crippen LogP contribution in [-0.2, 0) is 4.74 Å². The highest BCUT2D eigenvalue weighted by Crippen LogP contribution is 2.29. The molecule has 0 radical (unpaired) electrons. The Kier molecular flexibility index (Phi) is 3.04. The average Bonchev–Trinajstić information content (AvgIpc) is 2.73. The minimum Gasteiger partial charge on any atom is -0.478 e. The second kappa shape index (κ2) is 4.35. The summed E-state index contributed by atoms with van der Waals surface area (Å²) in [6, 6.07) is 3.55. The number of carboxylic acids is 1. The summed E-state index contributed by atoms with van der Waals surface area (Å²) in [5.41, 5.74) is 1.21. The van der Waals surface area contributed by atoms with Gasteiger partial charge in [-0.05, 0) is 19.1 Å². The molecule has 5 nitrogen and oxygen atoms in total. The fourth-order valence-electron chi connectivity index (χ4n) is 1.79. The van der Waals surface area contributed by atoms with Gasteiger partial charge in [-0.25, -0.2) is 9.31 Å². The molecule has 6 heteroatoms. The largest absolute Gasteiger partial charge is 0.478 e. The third-order valence-electron chi connectivity index (χ3n) is 2.65. The first kappa shape index (κ1) is 11.9. The van der Waals surface area contributed by atoms with Gasteiger partial charge in [-0.15, -0.1) is 0 Å². The fourth-order valence-corrected chi connectivity index (χ4v) is 2.05. The highest BCUT2D eigenvalue weighted by molar-refractivity contribution is 6.32. The van der Waals surface area contributed by atoms with Gasteiger partial charge in [0.15, 0.2) is 5.15 Å². The van der Waals surface area contributed by atoms with Crippen molar-refractivity contribution in [2.24, 2.45) is 0 Å². The predicted molar refractivity (Wildman–Crippen MR) is 62.6 cm³/mol. The van der Waals surface area contributed by atoms with Gasteiger partial charge in [-0.2, -0.15) is 5.10 Å². The second-order valence-electron chi connectivity index (χ2n) is 3.60. The molecular weight excluding hydrogens is 244 g/mol. The van der Waals surface area contributed by atoms with E-state index in [1.165, 1.54) is 7.11 Å². The Balaban J connectivity index is 2.85. The topological polar surface area (TPSA) is 63.8 Å². The maximum absolute atomic E-state index is 11.2. The lowest BCUT2D eigenvalue weighted by Crippen LogP contribution is -2.12. The number of carbonyl (C=O) groups is 1. The molecule has 2 aromatic heterocycles. The maximum Gasteiger partial charge on any atom is 0.339 e. The lowest BCUT2D eigenvalue weighted by molar-refractivity contribution is 0.0683. The first-order valence-electron chi connectivity index (χ1n) is 4.99. The van der Waals surface area contributed by atoms with E-state index in [1.54, 1.807) is 29.8 Å².